The SMILES string of the molecule is COc1ccc(N2CCN(C(=O)COC(=O)c3ccc4ncoc4c3)CC2)cc1. The Bertz CT molecular complexity index is 1010. The molecule has 1 saturated heterocycles. The number of nitrogens with zero attached hydrogens (tertiary/aromatic N) is 3. The quantitative estimate of drug-likeness (QED) is 0.613. The van der Waals surface area contributed by atoms with Crippen molar-refractivity contribution >= 4 is 28.7 Å². The molecular formula is C21H21N3O5. The Morgan fingerprint density at radius 1 is 1.07 bits per heavy atom. The van der Waals surface area contributed by atoms with E-state index in [1.807, 2.05) is 24.3 Å². The van der Waals surface area contributed by atoms with Gasteiger partial charge in [-0.15, -0.1) is 0 Å². The normalized spacial score (nSPS) is 14.1. The number of esters is 1. The maximum Gasteiger partial charge on any atom is 0.338 e. The van der Waals surface area contributed by atoms with E-state index in [0.29, 0.717) is 42.8 Å². The molecular weight excluding hydrogens is 374 g/mol. The van der Waals surface area contributed by atoms with Crippen molar-refractivity contribution in [3.05, 3.63) is 54.4 Å². The fourth-order valence-electron chi connectivity index (χ4n) is 3.29. The third-order valence-corrected chi connectivity index (χ3v) is 4.96. The van der Waals surface area contributed by atoms with Crippen molar-refractivity contribution in [2.45, 2.75) is 0 Å². The van der Waals surface area contributed by atoms with Crippen LogP contribution in [0.25, 0.3) is 11.1 Å². The molecule has 150 valence electrons. The van der Waals surface area contributed by atoms with Gasteiger partial charge in [0.2, 0.25) is 0 Å². The number of methoxy groups -OCH3 is 1. The summed E-state index contributed by atoms with van der Waals surface area (Å²) >= 11 is 0. The highest BCUT2D eigenvalue weighted by Crippen LogP contribution is 2.20. The van der Waals surface area contributed by atoms with E-state index in [2.05, 4.69) is 9.88 Å². The van der Waals surface area contributed by atoms with E-state index >= 15 is 0 Å². The van der Waals surface area contributed by atoms with Crippen LogP contribution in [0.2, 0.25) is 0 Å². The number of piperazine rings is 1. The van der Waals surface area contributed by atoms with Gasteiger partial charge in [-0.2, -0.15) is 0 Å². The highest BCUT2D eigenvalue weighted by molar-refractivity contribution is 5.94. The Labute approximate surface area is 167 Å². The van der Waals surface area contributed by atoms with Crippen LogP contribution in [0.3, 0.4) is 0 Å². The lowest BCUT2D eigenvalue weighted by Crippen LogP contribution is -2.49. The lowest BCUT2D eigenvalue weighted by molar-refractivity contribution is -0.134. The summed E-state index contributed by atoms with van der Waals surface area (Å²) < 4.78 is 15.5. The van der Waals surface area contributed by atoms with Crippen molar-refractivity contribution in [2.24, 2.45) is 0 Å². The van der Waals surface area contributed by atoms with Gasteiger partial charge in [-0.1, -0.05) is 0 Å². The van der Waals surface area contributed by atoms with E-state index < -0.39 is 5.97 Å². The van der Waals surface area contributed by atoms with E-state index in [4.69, 9.17) is 13.9 Å². The monoisotopic (exact) mass is 395 g/mol. The molecule has 0 atom stereocenters. The molecule has 1 fully saturated rings. The Hall–Kier alpha value is -3.55. The topological polar surface area (TPSA) is 85.1 Å². The van der Waals surface area contributed by atoms with Crippen LogP contribution in [-0.4, -0.2) is 61.7 Å². The number of hydrogen-bond donors (Lipinski definition) is 0. The molecule has 0 spiro atoms. The van der Waals surface area contributed by atoms with Crippen LogP contribution in [0.15, 0.2) is 53.3 Å². The molecule has 0 unspecified atom stereocenters. The van der Waals surface area contributed by atoms with Crippen molar-refractivity contribution < 1.29 is 23.5 Å². The number of carbonyl (C=O) groups is 2. The van der Waals surface area contributed by atoms with Gasteiger partial charge in [-0.05, 0) is 42.5 Å². The Kier molecular flexibility index (Phi) is 5.33. The van der Waals surface area contributed by atoms with Gasteiger partial charge >= 0.3 is 5.97 Å². The van der Waals surface area contributed by atoms with Crippen molar-refractivity contribution in [2.75, 3.05) is 44.8 Å². The van der Waals surface area contributed by atoms with Crippen LogP contribution in [0.4, 0.5) is 5.69 Å². The molecule has 0 radical (unpaired) electrons. The summed E-state index contributed by atoms with van der Waals surface area (Å²) in [7, 11) is 1.64. The lowest BCUT2D eigenvalue weighted by atomic mass is 10.2. The molecule has 1 amide bonds. The molecule has 0 saturated carbocycles. The summed E-state index contributed by atoms with van der Waals surface area (Å²) in [5.41, 5.74) is 2.58. The number of carbonyl (C=O) groups excluding carboxylic acids is 2. The average Bonchev–Trinajstić information content (AvgIpc) is 3.25. The molecule has 0 bridgehead atoms. The van der Waals surface area contributed by atoms with E-state index in [0.717, 1.165) is 11.4 Å². The Balaban J connectivity index is 1.27. The molecule has 2 heterocycles. The Morgan fingerprint density at radius 2 is 1.83 bits per heavy atom. The molecule has 0 N–H and O–H groups in total. The maximum absolute atomic E-state index is 12.4. The summed E-state index contributed by atoms with van der Waals surface area (Å²) in [5.74, 6) is 0.0498. The van der Waals surface area contributed by atoms with E-state index in [9.17, 15) is 9.59 Å². The number of hydrogen-bond acceptors (Lipinski definition) is 7. The number of ether oxygens (including phenoxy) is 2. The van der Waals surface area contributed by atoms with Crippen molar-refractivity contribution in [3.63, 3.8) is 0 Å². The van der Waals surface area contributed by atoms with Gasteiger partial charge in [-0.3, -0.25) is 4.79 Å². The zero-order valence-electron chi connectivity index (χ0n) is 16.0. The molecule has 8 nitrogen and oxygen atoms in total. The summed E-state index contributed by atoms with van der Waals surface area (Å²) in [5, 5.41) is 0. The third-order valence-electron chi connectivity index (χ3n) is 4.96. The van der Waals surface area contributed by atoms with Crippen molar-refractivity contribution in [1.82, 2.24) is 9.88 Å². The number of benzene rings is 2. The smallest absolute Gasteiger partial charge is 0.338 e. The largest absolute Gasteiger partial charge is 0.497 e. The minimum absolute atomic E-state index is 0.200. The molecule has 4 rings (SSSR count). The van der Waals surface area contributed by atoms with Gasteiger partial charge < -0.3 is 23.7 Å². The summed E-state index contributed by atoms with van der Waals surface area (Å²) in [6, 6.07) is 12.7. The molecule has 29 heavy (non-hydrogen) atoms. The predicted molar refractivity (Wildman–Crippen MR) is 106 cm³/mol. The second-order valence-corrected chi connectivity index (χ2v) is 6.68. The zero-order chi connectivity index (χ0) is 20.2. The average molecular weight is 395 g/mol. The summed E-state index contributed by atoms with van der Waals surface area (Å²) in [6.07, 6.45) is 1.31. The molecule has 1 aromatic heterocycles. The van der Waals surface area contributed by atoms with Gasteiger partial charge in [0.1, 0.15) is 11.3 Å². The number of anilines is 1. The van der Waals surface area contributed by atoms with Crippen LogP contribution in [-0.2, 0) is 9.53 Å². The summed E-state index contributed by atoms with van der Waals surface area (Å²) in [6.45, 7) is 2.30. The fraction of sp³-hybridized carbons (Fsp3) is 0.286. The minimum Gasteiger partial charge on any atom is -0.497 e. The van der Waals surface area contributed by atoms with E-state index in [-0.39, 0.29) is 12.5 Å². The van der Waals surface area contributed by atoms with Gasteiger partial charge in [0.05, 0.1) is 12.7 Å². The molecule has 8 heteroatoms. The van der Waals surface area contributed by atoms with E-state index in [1.165, 1.54) is 6.39 Å². The minimum atomic E-state index is -0.562. The third kappa shape index (κ3) is 4.16. The molecule has 1 aliphatic heterocycles. The van der Waals surface area contributed by atoms with Crippen LogP contribution < -0.4 is 9.64 Å². The number of fused-ring (bicyclic) bond motifs is 1. The van der Waals surface area contributed by atoms with E-state index in [1.54, 1.807) is 30.2 Å². The lowest BCUT2D eigenvalue weighted by Gasteiger charge is -2.36. The highest BCUT2D eigenvalue weighted by atomic mass is 16.5. The van der Waals surface area contributed by atoms with Gasteiger partial charge in [0, 0.05) is 31.9 Å². The first-order chi connectivity index (χ1) is 14.1. The first-order valence-corrected chi connectivity index (χ1v) is 9.31. The van der Waals surface area contributed by atoms with Crippen LogP contribution in [0.1, 0.15) is 10.4 Å². The van der Waals surface area contributed by atoms with Gasteiger partial charge in [0.25, 0.3) is 5.91 Å². The number of amides is 1. The first-order valence-electron chi connectivity index (χ1n) is 9.31. The fourth-order valence-corrected chi connectivity index (χ4v) is 3.29. The van der Waals surface area contributed by atoms with Crippen molar-refractivity contribution in [1.29, 1.82) is 0 Å². The number of rotatable bonds is 5. The Morgan fingerprint density at radius 3 is 2.55 bits per heavy atom. The zero-order valence-corrected chi connectivity index (χ0v) is 16.0. The standard InChI is InChI=1S/C21H21N3O5/c1-27-17-5-3-16(4-6-17)23-8-10-24(11-9-23)20(25)13-28-21(26)15-2-7-18-19(12-15)29-14-22-18/h2-7,12,14H,8-11,13H2,1H3. The highest BCUT2D eigenvalue weighted by Gasteiger charge is 2.22. The second-order valence-electron chi connectivity index (χ2n) is 6.68. The predicted octanol–water partition coefficient (Wildman–Crippen LogP) is 2.34. The first kappa shape index (κ1) is 18.8. The summed E-state index contributed by atoms with van der Waals surface area (Å²) in [4.78, 5) is 32.6. The van der Waals surface area contributed by atoms with Gasteiger partial charge in [-0.25, -0.2) is 9.78 Å². The van der Waals surface area contributed by atoms with Crippen molar-refractivity contribution in [3.8, 4) is 5.75 Å². The van der Waals surface area contributed by atoms with Crippen LogP contribution in [0, 0.1) is 0 Å². The number of aromatic nitrogens is 1. The molecule has 2 aromatic carbocycles. The van der Waals surface area contributed by atoms with Crippen LogP contribution >= 0.6 is 0 Å². The molecule has 3 aromatic rings. The maximum atomic E-state index is 12.4. The van der Waals surface area contributed by atoms with Gasteiger partial charge in [0.15, 0.2) is 18.6 Å². The number of oxazole rings is 1. The molecule has 0 aliphatic carbocycles. The second kappa shape index (κ2) is 8.22. The van der Waals surface area contributed by atoms with Crippen LogP contribution in [0.5, 0.6) is 5.75 Å². The molecule has 1 aliphatic rings.